The monoisotopic (exact) mass is 541 g/mol. The van der Waals surface area contributed by atoms with Crippen molar-refractivity contribution in [3.05, 3.63) is 35.4 Å². The summed E-state index contributed by atoms with van der Waals surface area (Å²) in [7, 11) is 3.49. The van der Waals surface area contributed by atoms with Crippen LogP contribution in [0.5, 0.6) is 0 Å². The minimum Gasteiger partial charge on any atom is -0.385 e. The van der Waals surface area contributed by atoms with Gasteiger partial charge in [0.25, 0.3) is 0 Å². The largest absolute Gasteiger partial charge is 0.416 e. The smallest absolute Gasteiger partial charge is 0.385 e. The van der Waals surface area contributed by atoms with Crippen molar-refractivity contribution in [1.82, 2.24) is 15.5 Å². The summed E-state index contributed by atoms with van der Waals surface area (Å²) in [5, 5.41) is 18.4. The first-order chi connectivity index (χ1) is 18.2. The van der Waals surface area contributed by atoms with Crippen LogP contribution in [0.2, 0.25) is 0 Å². The highest BCUT2D eigenvalue weighted by molar-refractivity contribution is 5.74. The fourth-order valence-electron chi connectivity index (χ4n) is 6.27. The number of nitrogens with zero attached hydrogens (tertiary/aromatic N) is 1. The Bertz CT molecular complexity index is 863. The lowest BCUT2D eigenvalue weighted by Crippen LogP contribution is -2.54. The Balaban J connectivity index is 1.74. The molecule has 9 heteroatoms. The van der Waals surface area contributed by atoms with Gasteiger partial charge in [-0.05, 0) is 69.2 Å². The van der Waals surface area contributed by atoms with E-state index >= 15 is 0 Å². The van der Waals surface area contributed by atoms with E-state index in [1.807, 2.05) is 7.05 Å². The highest BCUT2D eigenvalue weighted by Gasteiger charge is 2.42. The molecule has 1 aliphatic carbocycles. The number of halogens is 3. The first-order valence-corrected chi connectivity index (χ1v) is 14.3. The van der Waals surface area contributed by atoms with Gasteiger partial charge in [0, 0.05) is 45.3 Å². The molecular weight excluding hydrogens is 495 g/mol. The molecule has 3 rings (SSSR count). The number of amides is 2. The number of rotatable bonds is 12. The van der Waals surface area contributed by atoms with Crippen molar-refractivity contribution < 1.29 is 27.8 Å². The number of likely N-dealkylation sites (tertiary alicyclic amines) is 1. The highest BCUT2D eigenvalue weighted by Crippen LogP contribution is 2.41. The number of alkyl halides is 3. The zero-order valence-electron chi connectivity index (χ0n) is 23.0. The van der Waals surface area contributed by atoms with E-state index in [-0.39, 0.29) is 23.6 Å². The van der Waals surface area contributed by atoms with E-state index in [0.717, 1.165) is 18.6 Å². The van der Waals surface area contributed by atoms with Crippen LogP contribution in [0.25, 0.3) is 0 Å². The quantitative estimate of drug-likeness (QED) is 0.297. The minimum atomic E-state index is -4.49. The molecule has 1 unspecified atom stereocenters. The van der Waals surface area contributed by atoms with Crippen LogP contribution in [-0.4, -0.2) is 62.5 Å². The predicted molar refractivity (Wildman–Crippen MR) is 143 cm³/mol. The van der Waals surface area contributed by atoms with Crippen molar-refractivity contribution in [2.75, 3.05) is 40.4 Å². The number of nitrogens with one attached hydrogen (secondary N) is 2. The zero-order valence-corrected chi connectivity index (χ0v) is 23.0. The van der Waals surface area contributed by atoms with E-state index in [2.05, 4.69) is 10.6 Å². The van der Waals surface area contributed by atoms with Gasteiger partial charge in [-0.2, -0.15) is 13.2 Å². The topological polar surface area (TPSA) is 73.8 Å². The summed E-state index contributed by atoms with van der Waals surface area (Å²) in [4.78, 5) is 15.1. The van der Waals surface area contributed by atoms with E-state index in [1.165, 1.54) is 38.2 Å². The van der Waals surface area contributed by atoms with Gasteiger partial charge in [-0.25, -0.2) is 4.79 Å². The second-order valence-corrected chi connectivity index (χ2v) is 11.2. The molecule has 1 heterocycles. The predicted octanol–water partition coefficient (Wildman–Crippen LogP) is 5.69. The number of unbranched alkanes of at least 4 members (excludes halogenated alkanes) is 1. The number of urea groups is 1. The molecule has 1 saturated heterocycles. The molecule has 0 bridgehead atoms. The van der Waals surface area contributed by atoms with E-state index in [0.29, 0.717) is 64.3 Å². The minimum absolute atomic E-state index is 0.0207. The van der Waals surface area contributed by atoms with Crippen molar-refractivity contribution in [1.29, 1.82) is 0 Å². The van der Waals surface area contributed by atoms with E-state index in [9.17, 15) is 23.1 Å². The van der Waals surface area contributed by atoms with E-state index in [1.54, 1.807) is 18.1 Å². The molecule has 6 nitrogen and oxygen atoms in total. The van der Waals surface area contributed by atoms with Gasteiger partial charge in [-0.3, -0.25) is 0 Å². The van der Waals surface area contributed by atoms with Gasteiger partial charge >= 0.3 is 12.2 Å². The summed E-state index contributed by atoms with van der Waals surface area (Å²) in [6.07, 6.45) is 5.58. The Kier molecular flexibility index (Phi) is 11.7. The summed E-state index contributed by atoms with van der Waals surface area (Å²) in [5.74, 6) is 0.253. The zero-order chi connectivity index (χ0) is 27.6. The molecule has 2 amide bonds. The Morgan fingerprint density at radius 1 is 1.13 bits per heavy atom. The van der Waals surface area contributed by atoms with Crippen LogP contribution in [0.15, 0.2) is 24.3 Å². The molecule has 38 heavy (non-hydrogen) atoms. The van der Waals surface area contributed by atoms with Crippen LogP contribution in [0.1, 0.15) is 81.8 Å². The Labute approximate surface area is 225 Å². The van der Waals surface area contributed by atoms with Crippen molar-refractivity contribution in [2.45, 2.75) is 88.4 Å². The SMILES string of the molecule is CNC[C@H](CC1CCCCC1)NC(=O)N1CCC[C@@H](C(O)(CCCCOC)c2cccc(C(F)(F)F)c2)C1. The Morgan fingerprint density at radius 3 is 2.55 bits per heavy atom. The first kappa shape index (κ1) is 30.7. The fourth-order valence-corrected chi connectivity index (χ4v) is 6.27. The third kappa shape index (κ3) is 8.58. The maximum Gasteiger partial charge on any atom is 0.416 e. The molecule has 3 N–H and O–H groups in total. The van der Waals surface area contributed by atoms with Gasteiger partial charge in [-0.15, -0.1) is 0 Å². The number of aliphatic hydroxyl groups is 1. The number of carbonyl (C=O) groups is 1. The average Bonchev–Trinajstić information content (AvgIpc) is 2.91. The normalized spacial score (nSPS) is 21.6. The van der Waals surface area contributed by atoms with Crippen LogP contribution in [0.4, 0.5) is 18.0 Å². The van der Waals surface area contributed by atoms with Crippen molar-refractivity contribution in [3.8, 4) is 0 Å². The van der Waals surface area contributed by atoms with Crippen LogP contribution in [0.3, 0.4) is 0 Å². The number of hydrogen-bond donors (Lipinski definition) is 3. The van der Waals surface area contributed by atoms with Gasteiger partial charge in [0.15, 0.2) is 0 Å². The maximum atomic E-state index is 13.5. The van der Waals surface area contributed by atoms with Gasteiger partial charge in [0.05, 0.1) is 11.2 Å². The molecule has 1 aliphatic heterocycles. The van der Waals surface area contributed by atoms with Gasteiger partial charge in [-0.1, -0.05) is 44.2 Å². The number of methoxy groups -OCH3 is 1. The highest BCUT2D eigenvalue weighted by atomic mass is 19.4. The van der Waals surface area contributed by atoms with Gasteiger partial charge in [0.2, 0.25) is 0 Å². The lowest BCUT2D eigenvalue weighted by atomic mass is 9.74. The molecule has 3 atom stereocenters. The number of hydrogen-bond acceptors (Lipinski definition) is 4. The maximum absolute atomic E-state index is 13.5. The second kappa shape index (κ2) is 14.5. The molecule has 1 aromatic carbocycles. The van der Waals surface area contributed by atoms with Crippen LogP contribution in [0, 0.1) is 11.8 Å². The van der Waals surface area contributed by atoms with E-state index in [4.69, 9.17) is 4.74 Å². The summed E-state index contributed by atoms with van der Waals surface area (Å²) in [6, 6.07) is 4.91. The molecule has 0 spiro atoms. The third-order valence-corrected chi connectivity index (χ3v) is 8.35. The molecule has 1 saturated carbocycles. The number of piperidine rings is 1. The first-order valence-electron chi connectivity index (χ1n) is 14.3. The van der Waals surface area contributed by atoms with Gasteiger partial charge < -0.3 is 25.4 Å². The number of carbonyl (C=O) groups excluding carboxylic acids is 1. The fraction of sp³-hybridized carbons (Fsp3) is 0.759. The average molecular weight is 542 g/mol. The third-order valence-electron chi connectivity index (χ3n) is 8.35. The summed E-state index contributed by atoms with van der Waals surface area (Å²) in [5.41, 5.74) is -1.98. The standard InChI is InChI=1S/C29H46F3N3O3/c1-33-20-26(18-22-10-4-3-5-11-22)34-27(36)35-16-9-14-25(21-35)28(37,15-6-7-17-38-2)23-12-8-13-24(19-23)29(30,31)32/h8,12-13,19,22,25-26,33,37H,3-7,9-11,14-18,20-21H2,1-2H3,(H,34,36)/t25-,26+,28?/m1/s1. The van der Waals surface area contributed by atoms with Crippen molar-refractivity contribution >= 4 is 6.03 Å². The lowest BCUT2D eigenvalue weighted by molar-refractivity contribution is -0.137. The van der Waals surface area contributed by atoms with Crippen molar-refractivity contribution in [3.63, 3.8) is 0 Å². The Morgan fingerprint density at radius 2 is 1.87 bits per heavy atom. The van der Waals surface area contributed by atoms with Gasteiger partial charge in [0.1, 0.15) is 0 Å². The van der Waals surface area contributed by atoms with E-state index < -0.39 is 17.3 Å². The number of ether oxygens (including phenoxy) is 1. The number of likely N-dealkylation sites (N-methyl/N-ethyl adjacent to an activating group) is 1. The number of benzene rings is 1. The molecule has 2 fully saturated rings. The van der Waals surface area contributed by atoms with Crippen LogP contribution >= 0.6 is 0 Å². The summed E-state index contributed by atoms with van der Waals surface area (Å²) < 4.78 is 45.7. The molecule has 216 valence electrons. The molecule has 0 aromatic heterocycles. The second-order valence-electron chi connectivity index (χ2n) is 11.2. The van der Waals surface area contributed by atoms with Crippen LogP contribution < -0.4 is 10.6 Å². The molecule has 0 radical (unpaired) electrons. The summed E-state index contributed by atoms with van der Waals surface area (Å²) >= 11 is 0. The molecule has 2 aliphatic rings. The molecular formula is C29H46F3N3O3. The molecule has 1 aromatic rings. The van der Waals surface area contributed by atoms with Crippen molar-refractivity contribution in [2.24, 2.45) is 11.8 Å². The lowest BCUT2D eigenvalue weighted by Gasteiger charge is -2.43. The van der Waals surface area contributed by atoms with Crippen LogP contribution in [-0.2, 0) is 16.5 Å². The summed E-state index contributed by atoms with van der Waals surface area (Å²) in [6.45, 7) is 2.08. The Hall–Kier alpha value is -1.84.